The zero-order valence-electron chi connectivity index (χ0n) is 8.85. The number of rotatable bonds is 5. The van der Waals surface area contributed by atoms with E-state index in [0.29, 0.717) is 0 Å². The molecule has 0 amide bonds. The van der Waals surface area contributed by atoms with Crippen LogP contribution in [0.15, 0.2) is 35.2 Å². The van der Waals surface area contributed by atoms with Gasteiger partial charge in [-0.05, 0) is 12.1 Å². The van der Waals surface area contributed by atoms with Gasteiger partial charge >= 0.3 is 0 Å². The third-order valence-electron chi connectivity index (χ3n) is 2.13. The number of aliphatic hydroxyl groups is 1. The van der Waals surface area contributed by atoms with Gasteiger partial charge in [0.1, 0.15) is 0 Å². The first-order chi connectivity index (χ1) is 7.37. The highest BCUT2D eigenvalue weighted by Crippen LogP contribution is 2.12. The summed E-state index contributed by atoms with van der Waals surface area (Å²) < 4.78 is 38.3. The highest BCUT2D eigenvalue weighted by molar-refractivity contribution is 7.89. The molecule has 0 saturated heterocycles. The van der Waals surface area contributed by atoms with E-state index in [1.165, 1.54) is 19.1 Å². The van der Waals surface area contributed by atoms with Crippen LogP contribution in [0.1, 0.15) is 13.3 Å². The van der Waals surface area contributed by atoms with Gasteiger partial charge in [-0.25, -0.2) is 17.5 Å². The van der Waals surface area contributed by atoms with Crippen molar-refractivity contribution in [3.63, 3.8) is 0 Å². The SMILES string of the molecule is CCC(O)(F)CNS(=O)(=O)c1ccccc1. The van der Waals surface area contributed by atoms with E-state index in [2.05, 4.69) is 0 Å². The fourth-order valence-corrected chi connectivity index (χ4v) is 2.11. The van der Waals surface area contributed by atoms with Crippen molar-refractivity contribution >= 4 is 10.0 Å². The van der Waals surface area contributed by atoms with E-state index in [1.807, 2.05) is 4.72 Å². The Labute approximate surface area is 94.2 Å². The molecule has 1 unspecified atom stereocenters. The second-order valence-corrected chi connectivity index (χ2v) is 5.18. The molecule has 90 valence electrons. The maximum absolute atomic E-state index is 13.1. The van der Waals surface area contributed by atoms with Crippen molar-refractivity contribution in [3.05, 3.63) is 30.3 Å². The van der Waals surface area contributed by atoms with Crippen molar-refractivity contribution in [1.29, 1.82) is 0 Å². The van der Waals surface area contributed by atoms with E-state index in [4.69, 9.17) is 5.11 Å². The molecule has 0 aliphatic carbocycles. The van der Waals surface area contributed by atoms with Crippen molar-refractivity contribution in [2.24, 2.45) is 0 Å². The molecule has 6 heteroatoms. The molecule has 4 nitrogen and oxygen atoms in total. The highest BCUT2D eigenvalue weighted by atomic mass is 32.2. The highest BCUT2D eigenvalue weighted by Gasteiger charge is 2.26. The fourth-order valence-electron chi connectivity index (χ4n) is 1.01. The molecule has 0 aliphatic heterocycles. The average molecular weight is 247 g/mol. The first-order valence-electron chi connectivity index (χ1n) is 4.83. The molecule has 0 spiro atoms. The van der Waals surface area contributed by atoms with Crippen LogP contribution in [0.25, 0.3) is 0 Å². The molecule has 0 radical (unpaired) electrons. The lowest BCUT2D eigenvalue weighted by atomic mass is 10.2. The number of hydrogen-bond donors (Lipinski definition) is 2. The second kappa shape index (κ2) is 4.90. The van der Waals surface area contributed by atoms with Gasteiger partial charge in [0.25, 0.3) is 0 Å². The third-order valence-corrected chi connectivity index (χ3v) is 3.55. The Balaban J connectivity index is 2.75. The molecule has 0 aromatic heterocycles. The first kappa shape index (κ1) is 13.1. The molecule has 0 heterocycles. The summed E-state index contributed by atoms with van der Waals surface area (Å²) in [6.07, 6.45) is -0.176. The van der Waals surface area contributed by atoms with Gasteiger partial charge in [-0.2, -0.15) is 0 Å². The van der Waals surface area contributed by atoms with Crippen molar-refractivity contribution in [1.82, 2.24) is 4.72 Å². The summed E-state index contributed by atoms with van der Waals surface area (Å²) in [4.78, 5) is 0.0434. The Morgan fingerprint density at radius 1 is 1.38 bits per heavy atom. The summed E-state index contributed by atoms with van der Waals surface area (Å²) in [7, 11) is -3.75. The monoisotopic (exact) mass is 247 g/mol. The predicted octanol–water partition coefficient (Wildman–Crippen LogP) is 1.03. The van der Waals surface area contributed by atoms with Crippen LogP contribution in [0.5, 0.6) is 0 Å². The van der Waals surface area contributed by atoms with Crippen LogP contribution in [-0.2, 0) is 10.0 Å². The van der Waals surface area contributed by atoms with Gasteiger partial charge in [0.15, 0.2) is 0 Å². The molecule has 16 heavy (non-hydrogen) atoms. The van der Waals surface area contributed by atoms with Gasteiger partial charge in [-0.3, -0.25) is 0 Å². The van der Waals surface area contributed by atoms with Crippen LogP contribution in [-0.4, -0.2) is 25.9 Å². The Kier molecular flexibility index (Phi) is 4.01. The molecule has 1 atom stereocenters. The Morgan fingerprint density at radius 2 is 1.94 bits per heavy atom. The van der Waals surface area contributed by atoms with E-state index in [9.17, 15) is 12.8 Å². The molecular weight excluding hydrogens is 233 g/mol. The lowest BCUT2D eigenvalue weighted by Gasteiger charge is -2.17. The van der Waals surface area contributed by atoms with Crippen molar-refractivity contribution in [3.8, 4) is 0 Å². The minimum atomic E-state index is -3.75. The zero-order valence-corrected chi connectivity index (χ0v) is 9.67. The van der Waals surface area contributed by atoms with Gasteiger partial charge in [-0.15, -0.1) is 0 Å². The number of nitrogens with one attached hydrogen (secondary N) is 1. The summed E-state index contributed by atoms with van der Waals surface area (Å²) in [5, 5.41) is 9.04. The number of alkyl halides is 1. The quantitative estimate of drug-likeness (QED) is 0.816. The van der Waals surface area contributed by atoms with Crippen LogP contribution in [0.2, 0.25) is 0 Å². The predicted molar refractivity (Wildman–Crippen MR) is 58.0 cm³/mol. The minimum Gasteiger partial charge on any atom is -0.361 e. The van der Waals surface area contributed by atoms with Crippen molar-refractivity contribution < 1.29 is 17.9 Å². The Hall–Kier alpha value is -0.980. The topological polar surface area (TPSA) is 66.4 Å². The van der Waals surface area contributed by atoms with E-state index in [1.54, 1.807) is 18.2 Å². The molecule has 1 aromatic carbocycles. The normalized spacial score (nSPS) is 15.7. The maximum atomic E-state index is 13.1. The lowest BCUT2D eigenvalue weighted by molar-refractivity contribution is -0.0839. The van der Waals surface area contributed by atoms with Gasteiger partial charge in [0, 0.05) is 6.42 Å². The molecule has 0 fully saturated rings. The first-order valence-corrected chi connectivity index (χ1v) is 6.32. The second-order valence-electron chi connectivity index (χ2n) is 3.41. The minimum absolute atomic E-state index is 0.0434. The van der Waals surface area contributed by atoms with Crippen molar-refractivity contribution in [2.75, 3.05) is 6.54 Å². The molecule has 0 aliphatic rings. The van der Waals surface area contributed by atoms with E-state index < -0.39 is 22.4 Å². The van der Waals surface area contributed by atoms with E-state index in [-0.39, 0.29) is 11.3 Å². The number of halogens is 1. The zero-order chi connectivity index (χ0) is 12.2. The summed E-state index contributed by atoms with van der Waals surface area (Å²) in [5.41, 5.74) is 0. The molecule has 1 rings (SSSR count). The number of benzene rings is 1. The van der Waals surface area contributed by atoms with Gasteiger partial charge in [-0.1, -0.05) is 25.1 Å². The largest absolute Gasteiger partial charge is 0.361 e. The fraction of sp³-hybridized carbons (Fsp3) is 0.400. The molecule has 2 N–H and O–H groups in total. The van der Waals surface area contributed by atoms with Gasteiger partial charge in [0.2, 0.25) is 15.9 Å². The third kappa shape index (κ3) is 3.55. The molecule has 1 aromatic rings. The summed E-state index contributed by atoms with van der Waals surface area (Å²) >= 11 is 0. The van der Waals surface area contributed by atoms with Gasteiger partial charge < -0.3 is 5.11 Å². The van der Waals surface area contributed by atoms with Crippen LogP contribution >= 0.6 is 0 Å². The summed E-state index contributed by atoms with van der Waals surface area (Å²) in [6.45, 7) is 0.775. The number of hydrogen-bond acceptors (Lipinski definition) is 3. The molecule has 0 saturated carbocycles. The average Bonchev–Trinajstić information content (AvgIpc) is 2.28. The van der Waals surface area contributed by atoms with Gasteiger partial charge in [0.05, 0.1) is 11.4 Å². The smallest absolute Gasteiger partial charge is 0.240 e. The van der Waals surface area contributed by atoms with Crippen LogP contribution in [0.3, 0.4) is 0 Å². The lowest BCUT2D eigenvalue weighted by Crippen LogP contribution is -2.38. The van der Waals surface area contributed by atoms with E-state index >= 15 is 0 Å². The number of sulfonamides is 1. The Bertz CT molecular complexity index is 431. The van der Waals surface area contributed by atoms with Crippen LogP contribution in [0, 0.1) is 0 Å². The molecular formula is C10H14FNO3S. The maximum Gasteiger partial charge on any atom is 0.240 e. The van der Waals surface area contributed by atoms with E-state index in [0.717, 1.165) is 0 Å². The van der Waals surface area contributed by atoms with Crippen LogP contribution < -0.4 is 4.72 Å². The summed E-state index contributed by atoms with van der Waals surface area (Å²) in [5.74, 6) is -2.51. The standard InChI is InChI=1S/C10H14FNO3S/c1-2-10(11,13)8-12-16(14,15)9-6-4-3-5-7-9/h3-7,12-13H,2,8H2,1H3. The van der Waals surface area contributed by atoms with Crippen molar-refractivity contribution in [2.45, 2.75) is 24.1 Å². The van der Waals surface area contributed by atoms with Crippen LogP contribution in [0.4, 0.5) is 4.39 Å². The Morgan fingerprint density at radius 3 is 2.44 bits per heavy atom. The summed E-state index contributed by atoms with van der Waals surface area (Å²) in [6, 6.07) is 7.60. The molecule has 0 bridgehead atoms.